The summed E-state index contributed by atoms with van der Waals surface area (Å²) in [6.45, 7) is 3.28. The zero-order chi connectivity index (χ0) is 17.5. The fourth-order valence-corrected chi connectivity index (χ4v) is 3.49. The van der Waals surface area contributed by atoms with Crippen molar-refractivity contribution in [1.82, 2.24) is 5.32 Å². The Hall–Kier alpha value is -1.46. The Labute approximate surface area is 149 Å². The number of ether oxygens (including phenoxy) is 1. The first kappa shape index (κ1) is 18.9. The number of benzene rings is 1. The van der Waals surface area contributed by atoms with Crippen LogP contribution >= 0.6 is 11.6 Å². The topological polar surface area (TPSA) is 53.6 Å². The van der Waals surface area contributed by atoms with Gasteiger partial charge in [-0.3, -0.25) is 0 Å². The average molecular weight is 354 g/mol. The van der Waals surface area contributed by atoms with Gasteiger partial charge in [-0.25, -0.2) is 4.79 Å². The Bertz CT molecular complexity index is 551. The lowest BCUT2D eigenvalue weighted by molar-refractivity contribution is -0.00232. The quantitative estimate of drug-likeness (QED) is 0.756. The number of nitrogens with zero attached hydrogens (tertiary/aromatic N) is 1. The minimum absolute atomic E-state index is 0.249. The molecule has 6 heteroatoms. The standard InChI is InChI=1S/C18H28ClN3O2/c1-13-7-4-5-10-16(13)24-12-11-20-18(23)21-15-9-6-8-14(19)17(15)22(2)3/h6,8-9,13,16H,4-5,7,10-12H2,1-3H3,(H2,20,21,23)/t13-,16-/m0/s1. The number of halogens is 1. The van der Waals surface area contributed by atoms with E-state index in [0.29, 0.717) is 35.9 Å². The number of para-hydroxylation sites is 1. The molecule has 1 fully saturated rings. The summed E-state index contributed by atoms with van der Waals surface area (Å²) in [6.07, 6.45) is 5.24. The fourth-order valence-electron chi connectivity index (χ4n) is 3.14. The van der Waals surface area contributed by atoms with Crippen LogP contribution in [0.15, 0.2) is 18.2 Å². The second-order valence-corrected chi connectivity index (χ2v) is 6.99. The van der Waals surface area contributed by atoms with Gasteiger partial charge >= 0.3 is 6.03 Å². The molecule has 2 N–H and O–H groups in total. The van der Waals surface area contributed by atoms with Crippen LogP contribution in [0.2, 0.25) is 5.02 Å². The van der Waals surface area contributed by atoms with Crippen molar-refractivity contribution in [3.05, 3.63) is 23.2 Å². The van der Waals surface area contributed by atoms with E-state index in [-0.39, 0.29) is 6.03 Å². The van der Waals surface area contributed by atoms with Crippen LogP contribution in [-0.4, -0.2) is 39.4 Å². The van der Waals surface area contributed by atoms with Crippen LogP contribution in [0.25, 0.3) is 0 Å². The summed E-state index contributed by atoms with van der Waals surface area (Å²) in [7, 11) is 3.78. The van der Waals surface area contributed by atoms with Crippen LogP contribution in [0.1, 0.15) is 32.6 Å². The van der Waals surface area contributed by atoms with Crippen molar-refractivity contribution >= 4 is 29.0 Å². The third-order valence-electron chi connectivity index (χ3n) is 4.43. The molecule has 1 saturated carbocycles. The minimum Gasteiger partial charge on any atom is -0.376 e. The average Bonchev–Trinajstić information content (AvgIpc) is 2.53. The van der Waals surface area contributed by atoms with Gasteiger partial charge in [0, 0.05) is 20.6 Å². The number of amides is 2. The Kier molecular flexibility index (Phi) is 7.18. The zero-order valence-electron chi connectivity index (χ0n) is 14.8. The van der Waals surface area contributed by atoms with Crippen molar-refractivity contribution in [3.8, 4) is 0 Å². The molecule has 1 aromatic carbocycles. The van der Waals surface area contributed by atoms with Gasteiger partial charge in [0.2, 0.25) is 0 Å². The lowest BCUT2D eigenvalue weighted by Crippen LogP contribution is -2.34. The molecular weight excluding hydrogens is 326 g/mol. The lowest BCUT2D eigenvalue weighted by Gasteiger charge is -2.28. The summed E-state index contributed by atoms with van der Waals surface area (Å²) < 4.78 is 5.91. The van der Waals surface area contributed by atoms with E-state index in [1.807, 2.05) is 31.1 Å². The van der Waals surface area contributed by atoms with E-state index in [4.69, 9.17) is 16.3 Å². The van der Waals surface area contributed by atoms with Crippen molar-refractivity contribution in [3.63, 3.8) is 0 Å². The predicted molar refractivity (Wildman–Crippen MR) is 100 cm³/mol. The molecule has 24 heavy (non-hydrogen) atoms. The Balaban J connectivity index is 1.77. The fraction of sp³-hybridized carbons (Fsp3) is 0.611. The summed E-state index contributed by atoms with van der Waals surface area (Å²) in [5.74, 6) is 0.613. The highest BCUT2D eigenvalue weighted by Crippen LogP contribution is 2.32. The molecule has 0 unspecified atom stereocenters. The van der Waals surface area contributed by atoms with E-state index in [1.54, 1.807) is 6.07 Å². The molecule has 2 atom stereocenters. The SMILES string of the molecule is C[C@H]1CCCC[C@@H]1OCCNC(=O)Nc1cccc(Cl)c1N(C)C. The summed E-state index contributed by atoms with van der Waals surface area (Å²) in [6, 6.07) is 5.21. The first-order valence-electron chi connectivity index (χ1n) is 8.61. The molecule has 1 aliphatic carbocycles. The second-order valence-electron chi connectivity index (χ2n) is 6.58. The molecule has 5 nitrogen and oxygen atoms in total. The smallest absolute Gasteiger partial charge is 0.319 e. The van der Waals surface area contributed by atoms with Gasteiger partial charge < -0.3 is 20.3 Å². The Morgan fingerprint density at radius 1 is 1.33 bits per heavy atom. The number of carbonyl (C=O) groups excluding carboxylic acids is 1. The highest BCUT2D eigenvalue weighted by molar-refractivity contribution is 6.34. The Morgan fingerprint density at radius 3 is 2.79 bits per heavy atom. The minimum atomic E-state index is -0.249. The lowest BCUT2D eigenvalue weighted by atomic mass is 9.88. The van der Waals surface area contributed by atoms with E-state index in [0.717, 1.165) is 12.1 Å². The van der Waals surface area contributed by atoms with E-state index in [9.17, 15) is 4.79 Å². The molecule has 0 saturated heterocycles. The zero-order valence-corrected chi connectivity index (χ0v) is 15.5. The summed E-state index contributed by atoms with van der Waals surface area (Å²) in [5.41, 5.74) is 1.48. The maximum absolute atomic E-state index is 12.1. The van der Waals surface area contributed by atoms with Crippen LogP contribution in [0.5, 0.6) is 0 Å². The molecule has 0 bridgehead atoms. The van der Waals surface area contributed by atoms with Crippen molar-refractivity contribution in [2.24, 2.45) is 5.92 Å². The molecule has 1 aliphatic rings. The van der Waals surface area contributed by atoms with Gasteiger partial charge in [-0.05, 0) is 30.9 Å². The van der Waals surface area contributed by atoms with Crippen LogP contribution in [0.3, 0.4) is 0 Å². The molecule has 0 radical (unpaired) electrons. The third-order valence-corrected chi connectivity index (χ3v) is 4.74. The molecule has 0 aromatic heterocycles. The molecule has 1 aromatic rings. The third kappa shape index (κ3) is 5.28. The highest BCUT2D eigenvalue weighted by Gasteiger charge is 2.21. The number of anilines is 2. The molecule has 0 heterocycles. The highest BCUT2D eigenvalue weighted by atomic mass is 35.5. The summed E-state index contributed by atoms with van der Waals surface area (Å²) in [5, 5.41) is 6.29. The van der Waals surface area contributed by atoms with E-state index < -0.39 is 0 Å². The predicted octanol–water partition coefficient (Wildman–Crippen LogP) is 4.12. The monoisotopic (exact) mass is 353 g/mol. The molecule has 2 amide bonds. The number of hydrogen-bond acceptors (Lipinski definition) is 3. The summed E-state index contributed by atoms with van der Waals surface area (Å²) in [4.78, 5) is 14.0. The molecule has 134 valence electrons. The maximum atomic E-state index is 12.1. The van der Waals surface area contributed by atoms with Gasteiger partial charge in [0.25, 0.3) is 0 Å². The molecular formula is C18H28ClN3O2. The Morgan fingerprint density at radius 2 is 2.08 bits per heavy atom. The van der Waals surface area contributed by atoms with Gasteiger partial charge in [-0.2, -0.15) is 0 Å². The van der Waals surface area contributed by atoms with Crippen molar-refractivity contribution < 1.29 is 9.53 Å². The normalized spacial score (nSPS) is 20.5. The van der Waals surface area contributed by atoms with Gasteiger partial charge in [0.1, 0.15) is 0 Å². The number of nitrogens with one attached hydrogen (secondary N) is 2. The first-order chi connectivity index (χ1) is 11.5. The van der Waals surface area contributed by atoms with Gasteiger partial charge in [-0.15, -0.1) is 0 Å². The van der Waals surface area contributed by atoms with Crippen molar-refractivity contribution in [1.29, 1.82) is 0 Å². The number of hydrogen-bond donors (Lipinski definition) is 2. The van der Waals surface area contributed by atoms with Gasteiger partial charge in [0.05, 0.1) is 29.1 Å². The van der Waals surface area contributed by atoms with E-state index >= 15 is 0 Å². The van der Waals surface area contributed by atoms with Crippen LogP contribution in [0, 0.1) is 5.92 Å². The number of rotatable bonds is 6. The van der Waals surface area contributed by atoms with Crippen LogP contribution in [0.4, 0.5) is 16.2 Å². The second kappa shape index (κ2) is 9.14. The summed E-state index contributed by atoms with van der Waals surface area (Å²) >= 11 is 6.20. The largest absolute Gasteiger partial charge is 0.376 e. The number of carbonyl (C=O) groups is 1. The number of urea groups is 1. The van der Waals surface area contributed by atoms with Crippen LogP contribution < -0.4 is 15.5 Å². The molecule has 0 spiro atoms. The van der Waals surface area contributed by atoms with Crippen molar-refractivity contribution in [2.45, 2.75) is 38.7 Å². The van der Waals surface area contributed by atoms with Crippen LogP contribution in [-0.2, 0) is 4.74 Å². The van der Waals surface area contributed by atoms with Gasteiger partial charge in [0.15, 0.2) is 0 Å². The van der Waals surface area contributed by atoms with Gasteiger partial charge in [-0.1, -0.05) is 37.4 Å². The van der Waals surface area contributed by atoms with E-state index in [1.165, 1.54) is 19.3 Å². The van der Waals surface area contributed by atoms with E-state index in [2.05, 4.69) is 17.6 Å². The first-order valence-corrected chi connectivity index (χ1v) is 8.99. The molecule has 0 aliphatic heterocycles. The maximum Gasteiger partial charge on any atom is 0.319 e. The van der Waals surface area contributed by atoms with Crippen molar-refractivity contribution in [2.75, 3.05) is 37.5 Å². The molecule has 2 rings (SSSR count).